The summed E-state index contributed by atoms with van der Waals surface area (Å²) in [5, 5.41) is 25.8. The largest absolute Gasteiger partial charge is 0.553 e. The van der Waals surface area contributed by atoms with E-state index in [4.69, 9.17) is 14.9 Å². The van der Waals surface area contributed by atoms with E-state index >= 15 is 0 Å². The summed E-state index contributed by atoms with van der Waals surface area (Å²) >= 11 is 0. The molecular formula is C14H22O6Rf-2. The van der Waals surface area contributed by atoms with Gasteiger partial charge in [-0.1, -0.05) is 18.2 Å². The zero-order valence-electron chi connectivity index (χ0n) is 12.1. The topological polar surface area (TPSA) is 88.4 Å². The Bertz CT molecular complexity index is 312. The quantitative estimate of drug-likeness (QED) is 0.404. The first-order chi connectivity index (χ1) is 9.63. The van der Waals surface area contributed by atoms with Crippen LogP contribution >= 0.6 is 0 Å². The van der Waals surface area contributed by atoms with Gasteiger partial charge in [-0.25, -0.2) is 14.2 Å². The van der Waals surface area contributed by atoms with Crippen molar-refractivity contribution in [3.05, 3.63) is 44.6 Å². The molecule has 118 valence electrons. The Morgan fingerprint density at radius 2 is 1.43 bits per heavy atom. The van der Waals surface area contributed by atoms with Gasteiger partial charge in [-0.15, -0.1) is 0 Å². The molecule has 1 rings (SSSR count). The van der Waals surface area contributed by atoms with Crippen LogP contribution in [0.1, 0.15) is 0 Å². The molecule has 0 fully saturated rings. The van der Waals surface area contributed by atoms with Gasteiger partial charge in [0.05, 0.1) is 12.7 Å². The van der Waals surface area contributed by atoms with Crippen molar-refractivity contribution in [2.24, 2.45) is 0 Å². The predicted molar refractivity (Wildman–Crippen MR) is 73.7 cm³/mol. The maximum Gasteiger partial charge on any atom is 0.119 e. The van der Waals surface area contributed by atoms with Crippen LogP contribution in [-0.2, 0) is 9.47 Å². The molecular weight excluding hydrogens is 531 g/mol. The molecule has 0 radical (unpaired) electrons. The van der Waals surface area contributed by atoms with Gasteiger partial charge in [0, 0.05) is 13.2 Å². The fraction of sp³-hybridized carbons (Fsp3) is 0.429. The summed E-state index contributed by atoms with van der Waals surface area (Å²) in [6.45, 7) is 0.235. The molecule has 2 atom stereocenters. The first-order valence-electron chi connectivity index (χ1n) is 6.02. The van der Waals surface area contributed by atoms with Crippen molar-refractivity contribution in [2.45, 2.75) is 12.2 Å². The molecule has 7 heteroatoms. The fourth-order valence-corrected chi connectivity index (χ4v) is 1.08. The molecule has 2 unspecified atom stereocenters. The Kier molecular flexibility index (Phi) is 14.3. The van der Waals surface area contributed by atoms with E-state index in [-0.39, 0.29) is 26.4 Å². The van der Waals surface area contributed by atoms with Crippen molar-refractivity contribution >= 4 is 0 Å². The average Bonchev–Trinajstić information content (AvgIpc) is 2.47. The predicted octanol–water partition coefficient (Wildman–Crippen LogP) is 0.382. The normalized spacial score (nSPS) is 12.4. The van der Waals surface area contributed by atoms with Crippen LogP contribution in [0.4, 0.5) is 0 Å². The standard InChI is InChI=1S/C10H13O3.C4H9O3.Rf/c1-12-7-9(11)8-13-10-5-3-2-4-6-10;1-7-3-4(6)2-5;/h2-6,9,11H,1,7-8H2;4-6H,1-3H2;/q2*-1;. The van der Waals surface area contributed by atoms with Crippen LogP contribution < -0.4 is 4.74 Å². The van der Waals surface area contributed by atoms with Gasteiger partial charge in [0.2, 0.25) is 0 Å². The summed E-state index contributed by atoms with van der Waals surface area (Å²) in [6.07, 6.45) is -1.41. The van der Waals surface area contributed by atoms with Gasteiger partial charge in [-0.3, -0.25) is 0 Å². The van der Waals surface area contributed by atoms with Gasteiger partial charge in [-0.2, -0.15) is 0 Å². The van der Waals surface area contributed by atoms with E-state index in [0.29, 0.717) is 0 Å². The summed E-state index contributed by atoms with van der Waals surface area (Å²) in [6, 6.07) is 9.32. The van der Waals surface area contributed by atoms with Crippen molar-refractivity contribution in [1.29, 1.82) is 0 Å². The van der Waals surface area contributed by atoms with Gasteiger partial charge < -0.3 is 29.5 Å². The van der Waals surface area contributed by atoms with Crippen LogP contribution in [-0.4, -0.2) is 54.0 Å². The number of ether oxygens (including phenoxy) is 3. The van der Waals surface area contributed by atoms with Crippen molar-refractivity contribution in [1.82, 2.24) is 0 Å². The van der Waals surface area contributed by atoms with Gasteiger partial charge in [-0.05, 0) is 12.1 Å². The Morgan fingerprint density at radius 3 is 1.86 bits per heavy atom. The molecule has 0 aliphatic heterocycles. The van der Waals surface area contributed by atoms with E-state index in [1.807, 2.05) is 30.3 Å². The Labute approximate surface area is 119 Å². The van der Waals surface area contributed by atoms with Crippen LogP contribution in [0.25, 0.3) is 0 Å². The Morgan fingerprint density at radius 1 is 0.905 bits per heavy atom. The van der Waals surface area contributed by atoms with E-state index in [1.54, 1.807) is 0 Å². The van der Waals surface area contributed by atoms with Crippen LogP contribution in [0.5, 0.6) is 5.75 Å². The number of hydrogen-bond acceptors (Lipinski definition) is 6. The molecule has 0 saturated heterocycles. The minimum Gasteiger partial charge on any atom is -0.553 e. The minimum atomic E-state index is -0.780. The molecule has 3 N–H and O–H groups in total. The molecule has 1 aromatic rings. The number of hydrogen-bond donors (Lipinski definition) is 3. The molecule has 0 aliphatic carbocycles. The third-order valence-electron chi connectivity index (χ3n) is 2.02. The van der Waals surface area contributed by atoms with Crippen LogP contribution in [0.2, 0.25) is 0 Å². The second kappa shape index (κ2) is 14.2. The molecule has 1 aromatic carbocycles. The van der Waals surface area contributed by atoms with Crippen LogP contribution in [0, 0.1) is 14.2 Å². The summed E-state index contributed by atoms with van der Waals surface area (Å²) < 4.78 is 14.0. The number of aliphatic hydroxyl groups is 3. The summed E-state index contributed by atoms with van der Waals surface area (Å²) in [5.74, 6) is 0.741. The molecule has 0 saturated carbocycles. The SMILES string of the molecule is [CH2-]OCC(O)CO.[CH2-]OCC(O)COc1ccccc1.[Rf]. The number of aliphatic hydroxyl groups excluding tert-OH is 3. The molecule has 0 aliphatic rings. The van der Waals surface area contributed by atoms with Crippen LogP contribution in [0.3, 0.4) is 0 Å². The van der Waals surface area contributed by atoms with Gasteiger partial charge in [0.15, 0.2) is 0 Å². The fourth-order valence-electron chi connectivity index (χ4n) is 1.08. The summed E-state index contributed by atoms with van der Waals surface area (Å²) in [4.78, 5) is 0. The molecule has 0 aromatic heterocycles. The summed E-state index contributed by atoms with van der Waals surface area (Å²) in [7, 11) is 6.17. The van der Waals surface area contributed by atoms with Crippen molar-refractivity contribution in [3.63, 3.8) is 0 Å². The van der Waals surface area contributed by atoms with E-state index in [2.05, 4.69) is 23.7 Å². The molecule has 0 bridgehead atoms. The van der Waals surface area contributed by atoms with Gasteiger partial charge >= 0.3 is 0 Å². The van der Waals surface area contributed by atoms with Gasteiger partial charge in [0.25, 0.3) is 0 Å². The number of rotatable bonds is 8. The first kappa shape index (κ1) is 21.1. The second-order valence-corrected chi connectivity index (χ2v) is 3.86. The minimum absolute atomic E-state index is 0. The smallest absolute Gasteiger partial charge is 0.119 e. The zero-order chi connectivity index (χ0) is 15.2. The van der Waals surface area contributed by atoms with E-state index < -0.39 is 12.2 Å². The third-order valence-corrected chi connectivity index (χ3v) is 2.02. The maximum atomic E-state index is 9.22. The van der Waals surface area contributed by atoms with E-state index in [1.165, 1.54) is 0 Å². The molecule has 21 heavy (non-hydrogen) atoms. The first-order valence-corrected chi connectivity index (χ1v) is 6.02. The van der Waals surface area contributed by atoms with E-state index in [0.717, 1.165) is 5.75 Å². The average molecular weight is 553 g/mol. The van der Waals surface area contributed by atoms with Gasteiger partial charge in [0.1, 0.15) is 18.5 Å². The van der Waals surface area contributed by atoms with E-state index in [9.17, 15) is 5.11 Å². The zero-order valence-corrected chi connectivity index (χ0v) is 18.5. The Balaban J connectivity index is 0. The molecule has 0 spiro atoms. The third kappa shape index (κ3) is 12.6. The van der Waals surface area contributed by atoms with Crippen LogP contribution in [0.15, 0.2) is 30.3 Å². The maximum absolute atomic E-state index is 9.22. The molecule has 6 nitrogen and oxygen atoms in total. The monoisotopic (exact) mass is 553 g/mol. The van der Waals surface area contributed by atoms with Crippen molar-refractivity contribution in [3.8, 4) is 5.75 Å². The summed E-state index contributed by atoms with van der Waals surface area (Å²) in [5.41, 5.74) is 0. The van der Waals surface area contributed by atoms with Crippen molar-refractivity contribution < 1.29 is 29.5 Å². The number of benzene rings is 1. The van der Waals surface area contributed by atoms with Crippen molar-refractivity contribution in [2.75, 3.05) is 26.4 Å². The molecule has 0 amide bonds. The molecule has 0 heterocycles. The second-order valence-electron chi connectivity index (χ2n) is 3.86. The number of para-hydroxylation sites is 1. The Hall–Kier alpha value is -2.18.